The Morgan fingerprint density at radius 3 is 2.38 bits per heavy atom. The van der Waals surface area contributed by atoms with Crippen LogP contribution in [0.5, 0.6) is 0 Å². The molecule has 1 atom stereocenters. The predicted molar refractivity (Wildman–Crippen MR) is 64.7 cm³/mol. The average molecular weight is 221 g/mol. The molecule has 0 amide bonds. The Morgan fingerprint density at radius 2 is 1.94 bits per heavy atom. The van der Waals surface area contributed by atoms with Crippen molar-refractivity contribution in [3.63, 3.8) is 0 Å². The molecule has 0 aromatic heterocycles. The van der Waals surface area contributed by atoms with E-state index in [1.165, 1.54) is 11.1 Å². The second-order valence-corrected chi connectivity index (χ2v) is 4.44. The summed E-state index contributed by atoms with van der Waals surface area (Å²) < 4.78 is 0. The zero-order valence-corrected chi connectivity index (χ0v) is 10.3. The Hall–Kier alpha value is -1.35. The minimum Gasteiger partial charge on any atom is -0.480 e. The highest BCUT2D eigenvalue weighted by atomic mass is 16.4. The zero-order chi connectivity index (χ0) is 12.3. The second-order valence-electron chi connectivity index (χ2n) is 4.44. The number of aliphatic carboxylic acids is 1. The van der Waals surface area contributed by atoms with Gasteiger partial charge in [-0.05, 0) is 51.1 Å². The minimum absolute atomic E-state index is 0.456. The summed E-state index contributed by atoms with van der Waals surface area (Å²) in [5, 5.41) is 9.09. The van der Waals surface area contributed by atoms with E-state index in [4.69, 9.17) is 5.11 Å². The van der Waals surface area contributed by atoms with Crippen molar-refractivity contribution < 1.29 is 9.90 Å². The number of carboxylic acids is 1. The third-order valence-electron chi connectivity index (χ3n) is 2.91. The van der Waals surface area contributed by atoms with Gasteiger partial charge in [0.15, 0.2) is 0 Å². The molecule has 16 heavy (non-hydrogen) atoms. The molecular weight excluding hydrogens is 202 g/mol. The van der Waals surface area contributed by atoms with Gasteiger partial charge in [0.25, 0.3) is 0 Å². The summed E-state index contributed by atoms with van der Waals surface area (Å²) in [5.74, 6) is -0.775. The van der Waals surface area contributed by atoms with E-state index in [0.29, 0.717) is 6.42 Å². The fraction of sp³-hybridized carbons (Fsp3) is 0.462. The van der Waals surface area contributed by atoms with E-state index in [-0.39, 0.29) is 0 Å². The Bertz CT molecular complexity index is 386. The molecule has 3 heteroatoms. The number of carbonyl (C=O) groups is 1. The summed E-state index contributed by atoms with van der Waals surface area (Å²) in [6.07, 6.45) is 0.545. The van der Waals surface area contributed by atoms with Crippen LogP contribution in [0.3, 0.4) is 0 Å². The maximum absolute atomic E-state index is 11.1. The first-order chi connectivity index (χ1) is 7.41. The predicted octanol–water partition coefficient (Wildman–Crippen LogP) is 1.86. The van der Waals surface area contributed by atoms with Crippen LogP contribution in [0.2, 0.25) is 0 Å². The van der Waals surface area contributed by atoms with Crippen LogP contribution in [0.4, 0.5) is 0 Å². The largest absolute Gasteiger partial charge is 0.480 e. The lowest BCUT2D eigenvalue weighted by molar-refractivity contribution is -0.142. The molecule has 3 nitrogen and oxygen atoms in total. The number of likely N-dealkylation sites (N-methyl/N-ethyl adjacent to an activating group) is 1. The van der Waals surface area contributed by atoms with Gasteiger partial charge in [0.2, 0.25) is 0 Å². The summed E-state index contributed by atoms with van der Waals surface area (Å²) in [5.41, 5.74) is 3.52. The van der Waals surface area contributed by atoms with Crippen LogP contribution < -0.4 is 0 Å². The quantitative estimate of drug-likeness (QED) is 0.843. The molecule has 0 spiro atoms. The molecule has 0 saturated carbocycles. The van der Waals surface area contributed by atoms with Gasteiger partial charge < -0.3 is 5.11 Å². The van der Waals surface area contributed by atoms with Crippen molar-refractivity contribution in [3.05, 3.63) is 34.9 Å². The fourth-order valence-corrected chi connectivity index (χ4v) is 1.64. The van der Waals surface area contributed by atoms with Crippen molar-refractivity contribution in [2.45, 2.75) is 26.3 Å². The van der Waals surface area contributed by atoms with E-state index in [0.717, 1.165) is 5.56 Å². The van der Waals surface area contributed by atoms with Crippen molar-refractivity contribution in [2.75, 3.05) is 14.1 Å². The van der Waals surface area contributed by atoms with Crippen molar-refractivity contribution in [3.8, 4) is 0 Å². The number of hydrogen-bond acceptors (Lipinski definition) is 2. The van der Waals surface area contributed by atoms with Gasteiger partial charge in [0, 0.05) is 0 Å². The summed E-state index contributed by atoms with van der Waals surface area (Å²) in [7, 11) is 3.58. The Kier molecular flexibility index (Phi) is 4.07. The van der Waals surface area contributed by atoms with Crippen LogP contribution in [0.15, 0.2) is 18.2 Å². The number of aryl methyl sites for hydroxylation is 2. The van der Waals surface area contributed by atoms with E-state index in [1.807, 2.05) is 19.1 Å². The molecule has 0 fully saturated rings. The highest BCUT2D eigenvalue weighted by Crippen LogP contribution is 2.13. The molecule has 0 bridgehead atoms. The summed E-state index contributed by atoms with van der Waals surface area (Å²) in [4.78, 5) is 12.8. The van der Waals surface area contributed by atoms with Gasteiger partial charge in [-0.15, -0.1) is 0 Å². The maximum atomic E-state index is 11.1. The van der Waals surface area contributed by atoms with E-state index < -0.39 is 12.0 Å². The van der Waals surface area contributed by atoms with Crippen LogP contribution in [-0.2, 0) is 11.2 Å². The Morgan fingerprint density at radius 1 is 1.31 bits per heavy atom. The van der Waals surface area contributed by atoms with E-state index in [2.05, 4.69) is 13.0 Å². The van der Waals surface area contributed by atoms with E-state index in [1.54, 1.807) is 19.0 Å². The first-order valence-electron chi connectivity index (χ1n) is 5.37. The Labute approximate surface area is 96.7 Å². The first kappa shape index (κ1) is 12.7. The van der Waals surface area contributed by atoms with E-state index in [9.17, 15) is 4.79 Å². The lowest BCUT2D eigenvalue weighted by atomic mass is 10.0. The number of nitrogens with zero attached hydrogens (tertiary/aromatic N) is 1. The third kappa shape index (κ3) is 3.07. The molecule has 0 aliphatic rings. The van der Waals surface area contributed by atoms with Gasteiger partial charge in [-0.25, -0.2) is 0 Å². The van der Waals surface area contributed by atoms with Gasteiger partial charge >= 0.3 is 5.97 Å². The molecule has 1 N–H and O–H groups in total. The van der Waals surface area contributed by atoms with Crippen LogP contribution >= 0.6 is 0 Å². The molecule has 0 aliphatic heterocycles. The molecule has 0 unspecified atom stereocenters. The Balaban J connectivity index is 2.86. The number of carboxylic acid groups (broad SMARTS) is 1. The van der Waals surface area contributed by atoms with Gasteiger partial charge in [0.1, 0.15) is 6.04 Å². The molecule has 1 aromatic carbocycles. The van der Waals surface area contributed by atoms with Crippen LogP contribution in [0.25, 0.3) is 0 Å². The van der Waals surface area contributed by atoms with Gasteiger partial charge in [-0.3, -0.25) is 9.69 Å². The van der Waals surface area contributed by atoms with Crippen LogP contribution in [-0.4, -0.2) is 36.1 Å². The lowest BCUT2D eigenvalue weighted by Gasteiger charge is -2.20. The van der Waals surface area contributed by atoms with E-state index >= 15 is 0 Å². The smallest absolute Gasteiger partial charge is 0.321 e. The first-order valence-corrected chi connectivity index (χ1v) is 5.37. The van der Waals surface area contributed by atoms with Gasteiger partial charge in [0.05, 0.1) is 0 Å². The SMILES string of the molecule is Cc1ccc(C[C@@H](C(=O)O)N(C)C)cc1C. The molecule has 0 saturated heterocycles. The second kappa shape index (κ2) is 5.12. The van der Waals surface area contributed by atoms with Crippen molar-refractivity contribution in [2.24, 2.45) is 0 Å². The third-order valence-corrected chi connectivity index (χ3v) is 2.91. The van der Waals surface area contributed by atoms with Gasteiger partial charge in [-0.1, -0.05) is 18.2 Å². The number of rotatable bonds is 4. The molecule has 1 aromatic rings. The minimum atomic E-state index is -0.775. The molecule has 0 radical (unpaired) electrons. The number of hydrogen-bond donors (Lipinski definition) is 1. The van der Waals surface area contributed by atoms with Crippen molar-refractivity contribution in [1.82, 2.24) is 4.90 Å². The fourth-order valence-electron chi connectivity index (χ4n) is 1.64. The number of benzene rings is 1. The van der Waals surface area contributed by atoms with Crippen LogP contribution in [0.1, 0.15) is 16.7 Å². The summed E-state index contributed by atoms with van der Waals surface area (Å²) >= 11 is 0. The highest BCUT2D eigenvalue weighted by molar-refractivity contribution is 5.73. The summed E-state index contributed by atoms with van der Waals surface area (Å²) in [6, 6.07) is 5.65. The lowest BCUT2D eigenvalue weighted by Crippen LogP contribution is -2.37. The maximum Gasteiger partial charge on any atom is 0.321 e. The molecule has 0 aliphatic carbocycles. The monoisotopic (exact) mass is 221 g/mol. The average Bonchev–Trinajstić information content (AvgIpc) is 2.18. The normalized spacial score (nSPS) is 12.8. The summed E-state index contributed by atoms with van der Waals surface area (Å²) in [6.45, 7) is 4.10. The van der Waals surface area contributed by atoms with Crippen molar-refractivity contribution in [1.29, 1.82) is 0 Å². The molecule has 1 rings (SSSR count). The molecule has 0 heterocycles. The standard InChI is InChI=1S/C13H19NO2/c1-9-5-6-11(7-10(9)2)8-12(13(15)16)14(3)4/h5-7,12H,8H2,1-4H3,(H,15,16)/t12-/m0/s1. The van der Waals surface area contributed by atoms with Crippen LogP contribution in [0, 0.1) is 13.8 Å². The highest BCUT2D eigenvalue weighted by Gasteiger charge is 2.20. The van der Waals surface area contributed by atoms with Gasteiger partial charge in [-0.2, -0.15) is 0 Å². The zero-order valence-electron chi connectivity index (χ0n) is 10.3. The topological polar surface area (TPSA) is 40.5 Å². The molecule has 88 valence electrons. The van der Waals surface area contributed by atoms with Crippen molar-refractivity contribution >= 4 is 5.97 Å². The molecular formula is C13H19NO2.